The Morgan fingerprint density at radius 3 is 2.75 bits per heavy atom. The predicted octanol–water partition coefficient (Wildman–Crippen LogP) is 2.55. The first-order chi connectivity index (χ1) is 15.4. The van der Waals surface area contributed by atoms with Gasteiger partial charge in [0.25, 0.3) is 11.5 Å². The summed E-state index contributed by atoms with van der Waals surface area (Å²) in [6.45, 7) is 6.25. The van der Waals surface area contributed by atoms with Crippen LogP contribution in [0.2, 0.25) is 0 Å². The Labute approximate surface area is 196 Å². The summed E-state index contributed by atoms with van der Waals surface area (Å²) in [6.07, 6.45) is 4.02. The number of aromatic nitrogens is 2. The molecule has 2 aromatic rings. The van der Waals surface area contributed by atoms with Crippen molar-refractivity contribution in [2.24, 2.45) is 0 Å². The fraction of sp³-hybridized carbons (Fsp3) is 0.455. The quantitative estimate of drug-likeness (QED) is 0.359. The fourth-order valence-electron chi connectivity index (χ4n) is 4.00. The van der Waals surface area contributed by atoms with Crippen molar-refractivity contribution >= 4 is 51.7 Å². The fourth-order valence-corrected chi connectivity index (χ4v) is 5.29. The molecule has 2 unspecified atom stereocenters. The van der Waals surface area contributed by atoms with Gasteiger partial charge in [0.15, 0.2) is 0 Å². The molecule has 32 heavy (non-hydrogen) atoms. The number of fused-ring (bicyclic) bond motifs is 1. The van der Waals surface area contributed by atoms with Crippen molar-refractivity contribution in [3.8, 4) is 0 Å². The van der Waals surface area contributed by atoms with Gasteiger partial charge in [-0.15, -0.1) is 0 Å². The van der Waals surface area contributed by atoms with Crippen LogP contribution in [0.5, 0.6) is 0 Å². The first-order valence-electron chi connectivity index (χ1n) is 10.5. The molecule has 2 aliphatic rings. The molecule has 2 saturated heterocycles. The van der Waals surface area contributed by atoms with Gasteiger partial charge in [0.2, 0.25) is 0 Å². The van der Waals surface area contributed by atoms with Crippen LogP contribution in [0, 0.1) is 0 Å². The lowest BCUT2D eigenvalue weighted by molar-refractivity contribution is -0.122. The van der Waals surface area contributed by atoms with Crippen molar-refractivity contribution in [1.82, 2.24) is 14.3 Å². The van der Waals surface area contributed by atoms with Gasteiger partial charge in [-0.2, -0.15) is 0 Å². The molecule has 2 atom stereocenters. The summed E-state index contributed by atoms with van der Waals surface area (Å²) in [5.41, 5.74) is 0.720. The van der Waals surface area contributed by atoms with Gasteiger partial charge in [-0.3, -0.25) is 18.9 Å². The number of amides is 1. The number of carbonyl (C=O) groups excluding carboxylic acids is 1. The van der Waals surface area contributed by atoms with Crippen molar-refractivity contribution in [2.45, 2.75) is 32.5 Å². The highest BCUT2D eigenvalue weighted by Crippen LogP contribution is 2.34. The molecule has 0 N–H and O–H groups in total. The minimum atomic E-state index is -0.220. The lowest BCUT2D eigenvalue weighted by Crippen LogP contribution is -2.46. The summed E-state index contributed by atoms with van der Waals surface area (Å²) in [6, 6.07) is 5.44. The van der Waals surface area contributed by atoms with E-state index in [0.717, 1.165) is 0 Å². The summed E-state index contributed by atoms with van der Waals surface area (Å²) >= 11 is 6.63. The van der Waals surface area contributed by atoms with E-state index in [9.17, 15) is 9.59 Å². The molecule has 1 amide bonds. The Morgan fingerprint density at radius 2 is 2.03 bits per heavy atom. The highest BCUT2D eigenvalue weighted by atomic mass is 32.2. The lowest BCUT2D eigenvalue weighted by atomic mass is 10.2. The number of hydrogen-bond acceptors (Lipinski definition) is 8. The maximum atomic E-state index is 13.5. The van der Waals surface area contributed by atoms with Crippen molar-refractivity contribution in [3.63, 3.8) is 0 Å². The summed E-state index contributed by atoms with van der Waals surface area (Å²) < 4.78 is 12.9. The monoisotopic (exact) mass is 474 g/mol. The molecule has 0 bridgehead atoms. The van der Waals surface area contributed by atoms with Crippen LogP contribution in [0.4, 0.5) is 5.82 Å². The average Bonchev–Trinajstić information content (AvgIpc) is 3.02. The molecule has 0 saturated carbocycles. The molecule has 2 aliphatic heterocycles. The van der Waals surface area contributed by atoms with Gasteiger partial charge in [0.1, 0.15) is 15.8 Å². The van der Waals surface area contributed by atoms with Crippen LogP contribution in [0.15, 0.2) is 34.1 Å². The predicted molar refractivity (Wildman–Crippen MR) is 130 cm³/mol. The number of morpholine rings is 1. The minimum Gasteiger partial charge on any atom is -0.385 e. The minimum absolute atomic E-state index is 0.00150. The Bertz CT molecular complexity index is 1120. The van der Waals surface area contributed by atoms with Crippen LogP contribution in [0.25, 0.3) is 11.7 Å². The summed E-state index contributed by atoms with van der Waals surface area (Å²) in [4.78, 5) is 35.3. The van der Waals surface area contributed by atoms with E-state index in [0.29, 0.717) is 58.9 Å². The Balaban J connectivity index is 1.77. The van der Waals surface area contributed by atoms with Crippen LogP contribution in [-0.2, 0) is 14.3 Å². The second kappa shape index (κ2) is 9.70. The molecule has 2 fully saturated rings. The van der Waals surface area contributed by atoms with E-state index >= 15 is 0 Å². The van der Waals surface area contributed by atoms with Gasteiger partial charge in [0.05, 0.1) is 22.7 Å². The van der Waals surface area contributed by atoms with Gasteiger partial charge in [0, 0.05) is 39.5 Å². The van der Waals surface area contributed by atoms with E-state index in [-0.39, 0.29) is 23.7 Å². The van der Waals surface area contributed by atoms with Crippen LogP contribution >= 0.6 is 24.0 Å². The van der Waals surface area contributed by atoms with Crippen LogP contribution in [0.3, 0.4) is 0 Å². The third-order valence-electron chi connectivity index (χ3n) is 5.35. The average molecular weight is 475 g/mol. The number of hydrogen-bond donors (Lipinski definition) is 0. The Kier molecular flexibility index (Phi) is 6.94. The molecule has 170 valence electrons. The van der Waals surface area contributed by atoms with Gasteiger partial charge in [-0.25, -0.2) is 4.98 Å². The van der Waals surface area contributed by atoms with Crippen molar-refractivity contribution < 1.29 is 14.3 Å². The Morgan fingerprint density at radius 1 is 1.28 bits per heavy atom. The van der Waals surface area contributed by atoms with Gasteiger partial charge in [-0.05, 0) is 38.5 Å². The van der Waals surface area contributed by atoms with Crippen molar-refractivity contribution in [2.75, 3.05) is 38.3 Å². The van der Waals surface area contributed by atoms with E-state index in [1.807, 2.05) is 19.9 Å². The second-order valence-electron chi connectivity index (χ2n) is 7.93. The smallest absolute Gasteiger partial charge is 0.267 e. The number of anilines is 1. The maximum absolute atomic E-state index is 13.5. The van der Waals surface area contributed by atoms with Crippen LogP contribution in [0.1, 0.15) is 25.8 Å². The second-order valence-corrected chi connectivity index (χ2v) is 9.60. The SMILES string of the molecule is COCCCN1C(=O)/C(=C/c2c(N3CC(C)OC(C)C3)nc3ccccn3c2=O)SC1=S. The number of pyridine rings is 1. The normalized spacial score (nSPS) is 23.0. The van der Waals surface area contributed by atoms with E-state index in [4.69, 9.17) is 26.7 Å². The van der Waals surface area contributed by atoms with Gasteiger partial charge >= 0.3 is 0 Å². The number of thioether (sulfide) groups is 1. The van der Waals surface area contributed by atoms with Crippen LogP contribution in [-0.4, -0.2) is 70.1 Å². The summed E-state index contributed by atoms with van der Waals surface area (Å²) in [5, 5.41) is 0. The standard InChI is InChI=1S/C22H26N4O4S2/c1-14-12-24(13-15(2)30-14)19-16(20(27)25-8-5-4-7-18(25)23-19)11-17-21(28)26(22(31)32-17)9-6-10-29-3/h4-5,7-8,11,14-15H,6,9-10,12-13H2,1-3H3/b17-11-. The Hall–Kier alpha value is -2.27. The first kappa shape index (κ1) is 22.9. The number of rotatable bonds is 6. The largest absolute Gasteiger partial charge is 0.385 e. The van der Waals surface area contributed by atoms with E-state index < -0.39 is 0 Å². The van der Waals surface area contributed by atoms with Crippen molar-refractivity contribution in [1.29, 1.82) is 0 Å². The molecule has 0 aromatic carbocycles. The molecule has 0 aliphatic carbocycles. The third-order valence-corrected chi connectivity index (χ3v) is 6.73. The van der Waals surface area contributed by atoms with E-state index in [1.165, 1.54) is 16.2 Å². The van der Waals surface area contributed by atoms with E-state index in [1.54, 1.807) is 36.4 Å². The molecule has 4 rings (SSSR count). The first-order valence-corrected chi connectivity index (χ1v) is 11.8. The van der Waals surface area contributed by atoms with E-state index in [2.05, 4.69) is 4.90 Å². The molecule has 4 heterocycles. The summed E-state index contributed by atoms with van der Waals surface area (Å²) in [5.74, 6) is 0.371. The molecular formula is C22H26N4O4S2. The zero-order chi connectivity index (χ0) is 22.8. The number of ether oxygens (including phenoxy) is 2. The molecule has 8 nitrogen and oxygen atoms in total. The zero-order valence-electron chi connectivity index (χ0n) is 18.3. The highest BCUT2D eigenvalue weighted by molar-refractivity contribution is 8.26. The van der Waals surface area contributed by atoms with Gasteiger partial charge in [-0.1, -0.05) is 30.0 Å². The molecule has 0 spiro atoms. The molecule has 10 heteroatoms. The number of methoxy groups -OCH3 is 1. The third kappa shape index (κ3) is 4.59. The van der Waals surface area contributed by atoms with Gasteiger partial charge < -0.3 is 14.4 Å². The maximum Gasteiger partial charge on any atom is 0.267 e. The lowest BCUT2D eigenvalue weighted by Gasteiger charge is -2.36. The number of thiocarbonyl (C=S) groups is 1. The summed E-state index contributed by atoms with van der Waals surface area (Å²) in [7, 11) is 1.62. The van der Waals surface area contributed by atoms with Crippen LogP contribution < -0.4 is 10.5 Å². The number of nitrogens with zero attached hydrogens (tertiary/aromatic N) is 4. The topological polar surface area (TPSA) is 76.4 Å². The van der Waals surface area contributed by atoms with Crippen molar-refractivity contribution in [3.05, 3.63) is 45.2 Å². The number of carbonyl (C=O) groups is 1. The highest BCUT2D eigenvalue weighted by Gasteiger charge is 2.33. The molecular weight excluding hydrogens is 448 g/mol. The molecule has 0 radical (unpaired) electrons. The zero-order valence-corrected chi connectivity index (χ0v) is 19.9. The molecule has 2 aromatic heterocycles.